The van der Waals surface area contributed by atoms with Crippen molar-refractivity contribution in [3.8, 4) is 28.5 Å². The van der Waals surface area contributed by atoms with Gasteiger partial charge in [-0.15, -0.1) is 11.8 Å². The van der Waals surface area contributed by atoms with E-state index in [9.17, 15) is 10.4 Å². The summed E-state index contributed by atoms with van der Waals surface area (Å²) in [4.78, 5) is 4.79. The van der Waals surface area contributed by atoms with E-state index in [4.69, 9.17) is 16.6 Å². The molecule has 1 heterocycles. The average Bonchev–Trinajstić information content (AvgIpc) is 2.87. The molecule has 0 radical (unpaired) electrons. The molecule has 0 aliphatic rings. The van der Waals surface area contributed by atoms with E-state index >= 15 is 0 Å². The predicted octanol–water partition coefficient (Wildman–Crippen LogP) is 6.51. The highest BCUT2D eigenvalue weighted by atomic mass is 35.5. The summed E-state index contributed by atoms with van der Waals surface area (Å²) in [5, 5.41) is 25.0. The third-order valence-corrected chi connectivity index (χ3v) is 6.42. The number of hydrogen-bond donors (Lipinski definition) is 2. The minimum atomic E-state index is -0.625. The number of nitrogens with one attached hydrogen (secondary N) is 1. The standard InChI is InChI=1S/C27H22ClN3OS/c28-21-11-13-22(14-12-21)30-17-23(32)18-33-27-25(16-29)24(19-7-3-1-4-8-19)15-26(31-27)20-9-5-2-6-10-20/h1-15,23,30,32H,17-18H2. The molecule has 0 saturated carbocycles. The third kappa shape index (κ3) is 5.94. The number of hydrogen-bond acceptors (Lipinski definition) is 5. The Morgan fingerprint density at radius 2 is 1.58 bits per heavy atom. The largest absolute Gasteiger partial charge is 0.390 e. The Hall–Kier alpha value is -3.30. The summed E-state index contributed by atoms with van der Waals surface area (Å²) in [6.07, 6.45) is -0.625. The van der Waals surface area contributed by atoms with Crippen molar-refractivity contribution >= 4 is 29.1 Å². The van der Waals surface area contributed by atoms with Crippen molar-refractivity contribution in [3.63, 3.8) is 0 Å². The lowest BCUT2D eigenvalue weighted by molar-refractivity contribution is 0.213. The first kappa shape index (κ1) is 22.9. The molecular formula is C27H22ClN3OS. The molecule has 1 aromatic heterocycles. The van der Waals surface area contributed by atoms with Crippen molar-refractivity contribution in [2.75, 3.05) is 17.6 Å². The van der Waals surface area contributed by atoms with E-state index in [0.29, 0.717) is 27.9 Å². The number of aliphatic hydroxyl groups is 1. The molecule has 3 aromatic carbocycles. The van der Waals surface area contributed by atoms with Gasteiger partial charge in [-0.25, -0.2) is 4.98 Å². The van der Waals surface area contributed by atoms with Gasteiger partial charge >= 0.3 is 0 Å². The van der Waals surface area contributed by atoms with Gasteiger partial charge in [0.25, 0.3) is 0 Å². The second-order valence-corrected chi connectivity index (χ2v) is 8.88. The smallest absolute Gasteiger partial charge is 0.115 e. The fraction of sp³-hybridized carbons (Fsp3) is 0.111. The van der Waals surface area contributed by atoms with Crippen molar-refractivity contribution in [2.45, 2.75) is 11.1 Å². The summed E-state index contributed by atoms with van der Waals surface area (Å²) in [6, 6.07) is 31.4. The lowest BCUT2D eigenvalue weighted by Gasteiger charge is -2.15. The predicted molar refractivity (Wildman–Crippen MR) is 136 cm³/mol. The number of benzene rings is 3. The number of halogens is 1. The van der Waals surface area contributed by atoms with E-state index in [2.05, 4.69) is 11.4 Å². The number of thioether (sulfide) groups is 1. The van der Waals surface area contributed by atoms with E-state index in [-0.39, 0.29) is 0 Å². The maximum absolute atomic E-state index is 10.5. The minimum Gasteiger partial charge on any atom is -0.390 e. The fourth-order valence-electron chi connectivity index (χ4n) is 3.37. The third-order valence-electron chi connectivity index (χ3n) is 5.05. The minimum absolute atomic E-state index is 0.375. The van der Waals surface area contributed by atoms with Gasteiger partial charge in [0.05, 0.1) is 17.4 Å². The summed E-state index contributed by atoms with van der Waals surface area (Å²) in [7, 11) is 0. The Labute approximate surface area is 202 Å². The van der Waals surface area contributed by atoms with Crippen LogP contribution in [0.15, 0.2) is 96.0 Å². The van der Waals surface area contributed by atoms with E-state index in [1.54, 1.807) is 12.1 Å². The summed E-state index contributed by atoms with van der Waals surface area (Å²) in [5.74, 6) is 0.398. The zero-order valence-electron chi connectivity index (χ0n) is 17.8. The first-order valence-electron chi connectivity index (χ1n) is 10.5. The van der Waals surface area contributed by atoms with Crippen LogP contribution in [0, 0.1) is 11.3 Å². The van der Waals surface area contributed by atoms with Gasteiger partial charge in [0, 0.05) is 34.1 Å². The molecule has 6 heteroatoms. The van der Waals surface area contributed by atoms with Crippen LogP contribution in [0.4, 0.5) is 5.69 Å². The van der Waals surface area contributed by atoms with Crippen LogP contribution < -0.4 is 5.32 Å². The van der Waals surface area contributed by atoms with Crippen LogP contribution in [-0.4, -0.2) is 28.5 Å². The maximum atomic E-state index is 10.5. The Morgan fingerprint density at radius 3 is 2.21 bits per heavy atom. The number of anilines is 1. The van der Waals surface area contributed by atoms with Gasteiger partial charge in [-0.2, -0.15) is 5.26 Å². The number of rotatable bonds is 8. The molecule has 33 heavy (non-hydrogen) atoms. The molecule has 0 aliphatic carbocycles. The Bertz CT molecular complexity index is 1240. The monoisotopic (exact) mass is 471 g/mol. The van der Waals surface area contributed by atoms with Crippen LogP contribution in [0.3, 0.4) is 0 Å². The van der Waals surface area contributed by atoms with Gasteiger partial charge < -0.3 is 10.4 Å². The van der Waals surface area contributed by atoms with Gasteiger partial charge in [-0.1, -0.05) is 72.3 Å². The first-order valence-corrected chi connectivity index (χ1v) is 11.9. The van der Waals surface area contributed by atoms with Crippen LogP contribution in [-0.2, 0) is 0 Å². The zero-order valence-corrected chi connectivity index (χ0v) is 19.4. The lowest BCUT2D eigenvalue weighted by Crippen LogP contribution is -2.22. The Morgan fingerprint density at radius 1 is 0.939 bits per heavy atom. The van der Waals surface area contributed by atoms with Gasteiger partial charge in [0.1, 0.15) is 11.1 Å². The van der Waals surface area contributed by atoms with E-state index in [1.807, 2.05) is 78.9 Å². The van der Waals surface area contributed by atoms with Gasteiger partial charge in [0.2, 0.25) is 0 Å². The number of pyridine rings is 1. The highest BCUT2D eigenvalue weighted by Crippen LogP contribution is 2.34. The van der Waals surface area contributed by atoms with Crippen molar-refractivity contribution < 1.29 is 5.11 Å². The van der Waals surface area contributed by atoms with Crippen LogP contribution in [0.1, 0.15) is 5.56 Å². The van der Waals surface area contributed by atoms with Crippen LogP contribution >= 0.6 is 23.4 Å². The molecule has 4 rings (SSSR count). The number of nitriles is 1. The van der Waals surface area contributed by atoms with Crippen LogP contribution in [0.25, 0.3) is 22.4 Å². The molecule has 4 nitrogen and oxygen atoms in total. The van der Waals surface area contributed by atoms with Crippen molar-refractivity contribution in [3.05, 3.63) is 102 Å². The quantitative estimate of drug-likeness (QED) is 0.287. The molecular weight excluding hydrogens is 450 g/mol. The molecule has 4 aromatic rings. The second kappa shape index (κ2) is 11.0. The average molecular weight is 472 g/mol. The Balaban J connectivity index is 1.58. The molecule has 2 N–H and O–H groups in total. The maximum Gasteiger partial charge on any atom is 0.115 e. The second-order valence-electron chi connectivity index (χ2n) is 7.43. The molecule has 164 valence electrons. The molecule has 0 aliphatic heterocycles. The molecule has 0 fully saturated rings. The summed E-state index contributed by atoms with van der Waals surface area (Å²) in [5.41, 5.74) is 4.97. The van der Waals surface area contributed by atoms with Gasteiger partial charge in [-0.3, -0.25) is 0 Å². The number of aliphatic hydroxyl groups excluding tert-OH is 1. The first-order chi connectivity index (χ1) is 16.1. The highest BCUT2D eigenvalue weighted by Gasteiger charge is 2.17. The lowest BCUT2D eigenvalue weighted by atomic mass is 9.99. The molecule has 0 amide bonds. The summed E-state index contributed by atoms with van der Waals surface area (Å²) >= 11 is 7.31. The molecule has 0 saturated heterocycles. The molecule has 1 atom stereocenters. The highest BCUT2D eigenvalue weighted by molar-refractivity contribution is 7.99. The SMILES string of the molecule is N#Cc1c(-c2ccccc2)cc(-c2ccccc2)nc1SCC(O)CNc1ccc(Cl)cc1. The van der Waals surface area contributed by atoms with Crippen LogP contribution in [0.5, 0.6) is 0 Å². The topological polar surface area (TPSA) is 68.9 Å². The number of nitrogens with zero attached hydrogens (tertiary/aromatic N) is 2. The summed E-state index contributed by atoms with van der Waals surface area (Å²) in [6.45, 7) is 0.375. The summed E-state index contributed by atoms with van der Waals surface area (Å²) < 4.78 is 0. The van der Waals surface area contributed by atoms with Crippen molar-refractivity contribution in [2.24, 2.45) is 0 Å². The zero-order chi connectivity index (χ0) is 23.0. The molecule has 1 unspecified atom stereocenters. The number of aromatic nitrogens is 1. The normalized spacial score (nSPS) is 11.5. The van der Waals surface area contributed by atoms with Gasteiger partial charge in [0.15, 0.2) is 0 Å². The van der Waals surface area contributed by atoms with E-state index < -0.39 is 6.10 Å². The van der Waals surface area contributed by atoms with Gasteiger partial charge in [-0.05, 0) is 35.9 Å². The molecule has 0 bridgehead atoms. The van der Waals surface area contributed by atoms with Crippen molar-refractivity contribution in [1.29, 1.82) is 5.26 Å². The van der Waals surface area contributed by atoms with Crippen LogP contribution in [0.2, 0.25) is 5.02 Å². The van der Waals surface area contributed by atoms with Crippen molar-refractivity contribution in [1.82, 2.24) is 4.98 Å². The van der Waals surface area contributed by atoms with E-state index in [0.717, 1.165) is 28.1 Å². The Kier molecular flexibility index (Phi) is 7.64. The fourth-order valence-corrected chi connectivity index (χ4v) is 4.43. The van der Waals surface area contributed by atoms with E-state index in [1.165, 1.54) is 11.8 Å². The molecule has 0 spiro atoms.